The number of pyridine rings is 1. The third-order valence-corrected chi connectivity index (χ3v) is 5.93. The number of hydrogen-bond acceptors (Lipinski definition) is 3. The summed E-state index contributed by atoms with van der Waals surface area (Å²) in [5, 5.41) is 4.07. The quantitative estimate of drug-likeness (QED) is 0.429. The van der Waals surface area contributed by atoms with E-state index in [1.165, 1.54) is 12.1 Å². The van der Waals surface area contributed by atoms with Gasteiger partial charge in [-0.3, -0.25) is 4.98 Å². The molecule has 0 aliphatic carbocycles. The first-order valence-electron chi connectivity index (χ1n) is 10.2. The van der Waals surface area contributed by atoms with Crippen molar-refractivity contribution in [2.45, 2.75) is 12.1 Å². The van der Waals surface area contributed by atoms with Gasteiger partial charge in [0.25, 0.3) is 0 Å². The second-order valence-electron chi connectivity index (χ2n) is 7.48. The van der Waals surface area contributed by atoms with Crippen LogP contribution in [0.3, 0.4) is 0 Å². The summed E-state index contributed by atoms with van der Waals surface area (Å²) in [6.07, 6.45) is 3.76. The summed E-state index contributed by atoms with van der Waals surface area (Å²) in [4.78, 5) is 6.69. The fourth-order valence-electron chi connectivity index (χ4n) is 4.17. The van der Waals surface area contributed by atoms with Crippen molar-refractivity contribution in [2.75, 3.05) is 12.0 Å². The molecule has 160 valence electrons. The monoisotopic (exact) mass is 444 g/mol. The van der Waals surface area contributed by atoms with E-state index in [1.54, 1.807) is 25.4 Å². The number of rotatable bonds is 5. The highest BCUT2D eigenvalue weighted by atomic mass is 32.1. The van der Waals surface area contributed by atoms with Gasteiger partial charge in [0.05, 0.1) is 18.8 Å². The maximum atomic E-state index is 13.6. The van der Waals surface area contributed by atoms with Crippen LogP contribution in [0.15, 0.2) is 91.3 Å². The number of ether oxygens (including phenoxy) is 1. The van der Waals surface area contributed by atoms with Gasteiger partial charge < -0.3 is 19.5 Å². The standard InChI is InChI=1S/C25H21FN4OS/c1-31-20-7-4-6-19(16-20)30-24(23(28-25(30)32)21-8-2-3-14-27-21)22-9-5-15-29(22)18-12-10-17(26)11-13-18/h2-16,23-24H,1H3,(H,28,32)/t23-,24+/m1/s1. The zero-order valence-electron chi connectivity index (χ0n) is 17.4. The maximum Gasteiger partial charge on any atom is 0.174 e. The highest BCUT2D eigenvalue weighted by molar-refractivity contribution is 7.80. The molecule has 1 aliphatic rings. The van der Waals surface area contributed by atoms with Crippen LogP contribution in [-0.4, -0.2) is 21.8 Å². The second-order valence-corrected chi connectivity index (χ2v) is 7.86. The van der Waals surface area contributed by atoms with Gasteiger partial charge in [-0.2, -0.15) is 0 Å². The summed E-state index contributed by atoms with van der Waals surface area (Å²) in [5.74, 6) is 0.481. The molecule has 32 heavy (non-hydrogen) atoms. The first-order valence-corrected chi connectivity index (χ1v) is 10.6. The molecule has 4 aromatic rings. The largest absolute Gasteiger partial charge is 0.497 e. The van der Waals surface area contributed by atoms with Crippen molar-refractivity contribution in [2.24, 2.45) is 0 Å². The Morgan fingerprint density at radius 2 is 1.81 bits per heavy atom. The number of methoxy groups -OCH3 is 1. The van der Waals surface area contributed by atoms with Gasteiger partial charge in [-0.1, -0.05) is 12.1 Å². The fraction of sp³-hybridized carbons (Fsp3) is 0.120. The van der Waals surface area contributed by atoms with E-state index in [1.807, 2.05) is 54.7 Å². The zero-order chi connectivity index (χ0) is 22.1. The Hall–Kier alpha value is -3.71. The van der Waals surface area contributed by atoms with Gasteiger partial charge >= 0.3 is 0 Å². The maximum absolute atomic E-state index is 13.6. The average molecular weight is 445 g/mol. The Labute approximate surface area is 191 Å². The summed E-state index contributed by atoms with van der Waals surface area (Å²) in [7, 11) is 1.65. The molecule has 0 saturated carbocycles. The minimum absolute atomic E-state index is 0.177. The van der Waals surface area contributed by atoms with Crippen molar-refractivity contribution >= 4 is 23.0 Å². The molecule has 0 spiro atoms. The van der Waals surface area contributed by atoms with Gasteiger partial charge in [-0.05, 0) is 72.9 Å². The molecule has 0 radical (unpaired) electrons. The summed E-state index contributed by atoms with van der Waals surface area (Å²) >= 11 is 5.79. The summed E-state index contributed by atoms with van der Waals surface area (Å²) in [6.45, 7) is 0. The molecule has 2 aromatic carbocycles. The number of benzene rings is 2. The smallest absolute Gasteiger partial charge is 0.174 e. The Morgan fingerprint density at radius 1 is 0.969 bits per heavy atom. The number of hydrogen-bond donors (Lipinski definition) is 1. The topological polar surface area (TPSA) is 42.3 Å². The predicted octanol–water partition coefficient (Wildman–Crippen LogP) is 5.20. The van der Waals surface area contributed by atoms with Crippen LogP contribution in [0.5, 0.6) is 5.75 Å². The molecular weight excluding hydrogens is 423 g/mol. The molecule has 5 rings (SSSR count). The summed E-state index contributed by atoms with van der Waals surface area (Å²) in [6, 6.07) is 23.8. The lowest BCUT2D eigenvalue weighted by Crippen LogP contribution is -2.30. The van der Waals surface area contributed by atoms with Crippen LogP contribution in [0, 0.1) is 5.82 Å². The second kappa shape index (κ2) is 8.43. The van der Waals surface area contributed by atoms with Crippen molar-refractivity contribution < 1.29 is 9.13 Å². The fourth-order valence-corrected chi connectivity index (χ4v) is 4.51. The van der Waals surface area contributed by atoms with Crippen molar-refractivity contribution in [1.29, 1.82) is 0 Å². The van der Waals surface area contributed by atoms with Crippen LogP contribution in [0.25, 0.3) is 5.69 Å². The van der Waals surface area contributed by atoms with Gasteiger partial charge in [0, 0.05) is 35.5 Å². The Balaban J connectivity index is 1.66. The van der Waals surface area contributed by atoms with E-state index in [0.29, 0.717) is 5.11 Å². The molecule has 1 N–H and O–H groups in total. The molecule has 3 heterocycles. The van der Waals surface area contributed by atoms with Crippen molar-refractivity contribution in [3.05, 3.63) is 108 Å². The lowest BCUT2D eigenvalue weighted by Gasteiger charge is -2.29. The number of aromatic nitrogens is 2. The zero-order valence-corrected chi connectivity index (χ0v) is 18.2. The SMILES string of the molecule is COc1cccc(N2C(=S)N[C@H](c3ccccn3)[C@@H]2c2cccn2-c2ccc(F)cc2)c1. The van der Waals surface area contributed by atoms with Crippen molar-refractivity contribution in [3.8, 4) is 11.4 Å². The highest BCUT2D eigenvalue weighted by Crippen LogP contribution is 2.42. The van der Waals surface area contributed by atoms with Gasteiger partial charge in [0.2, 0.25) is 0 Å². The lowest BCUT2D eigenvalue weighted by atomic mass is 10.0. The van der Waals surface area contributed by atoms with Crippen molar-refractivity contribution in [3.63, 3.8) is 0 Å². The van der Waals surface area contributed by atoms with Crippen LogP contribution in [0.1, 0.15) is 23.5 Å². The number of anilines is 1. The van der Waals surface area contributed by atoms with Crippen LogP contribution in [-0.2, 0) is 0 Å². The van der Waals surface area contributed by atoms with Gasteiger partial charge in [-0.25, -0.2) is 4.39 Å². The third-order valence-electron chi connectivity index (χ3n) is 5.62. The molecule has 0 amide bonds. The predicted molar refractivity (Wildman–Crippen MR) is 127 cm³/mol. The van der Waals surface area contributed by atoms with E-state index in [9.17, 15) is 4.39 Å². The van der Waals surface area contributed by atoms with Crippen LogP contribution in [0.4, 0.5) is 10.1 Å². The molecule has 1 aliphatic heterocycles. The molecule has 5 nitrogen and oxygen atoms in total. The molecule has 2 aromatic heterocycles. The lowest BCUT2D eigenvalue weighted by molar-refractivity contribution is 0.414. The van der Waals surface area contributed by atoms with Crippen LogP contribution < -0.4 is 15.0 Å². The minimum atomic E-state index is -0.268. The average Bonchev–Trinajstić information content (AvgIpc) is 3.44. The molecular formula is C25H21FN4OS. The molecule has 0 unspecified atom stereocenters. The first-order chi connectivity index (χ1) is 15.7. The molecule has 0 bridgehead atoms. The van der Waals surface area contributed by atoms with Crippen molar-refractivity contribution in [1.82, 2.24) is 14.9 Å². The summed E-state index contributed by atoms with van der Waals surface area (Å²) < 4.78 is 21.1. The van der Waals surface area contributed by atoms with E-state index in [2.05, 4.69) is 25.8 Å². The van der Waals surface area contributed by atoms with Gasteiger partial charge in [-0.15, -0.1) is 0 Å². The van der Waals surface area contributed by atoms with Crippen LogP contribution in [0.2, 0.25) is 0 Å². The van der Waals surface area contributed by atoms with E-state index in [4.69, 9.17) is 17.0 Å². The molecule has 2 atom stereocenters. The normalized spacial score (nSPS) is 17.9. The van der Waals surface area contributed by atoms with E-state index in [0.717, 1.165) is 28.5 Å². The summed E-state index contributed by atoms with van der Waals surface area (Å²) in [5.41, 5.74) is 3.67. The van der Waals surface area contributed by atoms with Gasteiger partial charge in [0.15, 0.2) is 5.11 Å². The Bertz CT molecular complexity index is 1240. The van der Waals surface area contributed by atoms with E-state index in [-0.39, 0.29) is 17.9 Å². The van der Waals surface area contributed by atoms with Gasteiger partial charge in [0.1, 0.15) is 17.6 Å². The number of nitrogens with zero attached hydrogens (tertiary/aromatic N) is 3. The Morgan fingerprint density at radius 3 is 2.56 bits per heavy atom. The highest BCUT2D eigenvalue weighted by Gasteiger charge is 2.42. The van der Waals surface area contributed by atoms with Crippen LogP contribution >= 0.6 is 12.2 Å². The molecule has 7 heteroatoms. The minimum Gasteiger partial charge on any atom is -0.497 e. The molecule has 1 fully saturated rings. The number of thiocarbonyl (C=S) groups is 1. The van der Waals surface area contributed by atoms with E-state index >= 15 is 0 Å². The van der Waals surface area contributed by atoms with E-state index < -0.39 is 0 Å². The number of halogens is 1. The first kappa shape index (κ1) is 20.2. The number of nitrogens with one attached hydrogen (secondary N) is 1. The Kier molecular flexibility index (Phi) is 5.33. The third kappa shape index (κ3) is 3.61. The molecule has 1 saturated heterocycles.